The molecule has 2 heteroatoms. The molecular formula is C8H14N2. The Bertz CT molecular complexity index is 168. The Balaban J connectivity index is 2.59. The second-order valence-corrected chi connectivity index (χ2v) is 2.89. The molecule has 1 heterocycles. The zero-order chi connectivity index (χ0) is 7.56. The van der Waals surface area contributed by atoms with Crippen LogP contribution in [-0.4, -0.2) is 31.3 Å². The monoisotopic (exact) mass is 138 g/mol. The Morgan fingerprint density at radius 3 is 2.70 bits per heavy atom. The Morgan fingerprint density at radius 2 is 2.30 bits per heavy atom. The normalized spacial score (nSPS) is 24.3. The first kappa shape index (κ1) is 7.32. The Kier molecular flexibility index (Phi) is 2.10. The van der Waals surface area contributed by atoms with Gasteiger partial charge in [0.2, 0.25) is 0 Å². The van der Waals surface area contributed by atoms with Crippen LogP contribution in [0.15, 0.2) is 16.8 Å². The molecule has 0 aliphatic carbocycles. The summed E-state index contributed by atoms with van der Waals surface area (Å²) >= 11 is 0. The molecule has 0 bridgehead atoms. The number of nitrogens with zero attached hydrogens (tertiary/aromatic N) is 2. The van der Waals surface area contributed by atoms with E-state index in [0.29, 0.717) is 6.04 Å². The van der Waals surface area contributed by atoms with Gasteiger partial charge in [0.05, 0.1) is 11.7 Å². The van der Waals surface area contributed by atoms with Crippen molar-refractivity contribution in [3.8, 4) is 0 Å². The molecule has 0 unspecified atom stereocenters. The van der Waals surface area contributed by atoms with Gasteiger partial charge in [-0.15, -0.1) is 0 Å². The van der Waals surface area contributed by atoms with E-state index in [9.17, 15) is 0 Å². The lowest BCUT2D eigenvalue weighted by molar-refractivity contribution is 0.531. The molecule has 10 heavy (non-hydrogen) atoms. The van der Waals surface area contributed by atoms with Crippen molar-refractivity contribution in [1.29, 1.82) is 0 Å². The standard InChI is InChI=1S/C8H14N2/c1-7-4-5-8(6-9-7)10(2)3/h5-7H,4H2,1-3H3/t7-/m0/s1. The van der Waals surface area contributed by atoms with E-state index in [2.05, 4.69) is 22.9 Å². The highest BCUT2D eigenvalue weighted by atomic mass is 15.1. The first-order valence-electron chi connectivity index (χ1n) is 3.61. The third-order valence-electron chi connectivity index (χ3n) is 1.65. The molecule has 1 aliphatic rings. The summed E-state index contributed by atoms with van der Waals surface area (Å²) < 4.78 is 0. The van der Waals surface area contributed by atoms with E-state index in [0.717, 1.165) is 6.42 Å². The van der Waals surface area contributed by atoms with Crippen LogP contribution in [0.5, 0.6) is 0 Å². The van der Waals surface area contributed by atoms with Crippen LogP contribution >= 0.6 is 0 Å². The molecule has 0 spiro atoms. The summed E-state index contributed by atoms with van der Waals surface area (Å²) in [6, 6.07) is 0.476. The number of hydrogen-bond donors (Lipinski definition) is 0. The van der Waals surface area contributed by atoms with Gasteiger partial charge in [0.25, 0.3) is 0 Å². The lowest BCUT2D eigenvalue weighted by Crippen LogP contribution is -2.16. The molecule has 0 aromatic carbocycles. The predicted octanol–water partition coefficient (Wildman–Crippen LogP) is 1.29. The van der Waals surface area contributed by atoms with Crippen molar-refractivity contribution in [3.05, 3.63) is 11.8 Å². The maximum Gasteiger partial charge on any atom is 0.0507 e. The molecule has 0 saturated carbocycles. The molecule has 0 aromatic heterocycles. The molecule has 0 saturated heterocycles. The number of dihydropyridines is 1. The van der Waals surface area contributed by atoms with Gasteiger partial charge in [-0.25, -0.2) is 0 Å². The number of allylic oxidation sites excluding steroid dienone is 1. The number of hydrogen-bond acceptors (Lipinski definition) is 2. The van der Waals surface area contributed by atoms with Crippen molar-refractivity contribution in [2.45, 2.75) is 19.4 Å². The van der Waals surface area contributed by atoms with E-state index in [-0.39, 0.29) is 0 Å². The summed E-state index contributed by atoms with van der Waals surface area (Å²) in [5.41, 5.74) is 1.22. The van der Waals surface area contributed by atoms with Gasteiger partial charge in [-0.3, -0.25) is 4.99 Å². The Morgan fingerprint density at radius 1 is 1.60 bits per heavy atom. The van der Waals surface area contributed by atoms with Crippen LogP contribution in [0, 0.1) is 0 Å². The molecule has 2 nitrogen and oxygen atoms in total. The van der Waals surface area contributed by atoms with Crippen molar-refractivity contribution >= 4 is 6.21 Å². The highest BCUT2D eigenvalue weighted by Crippen LogP contribution is 2.08. The van der Waals surface area contributed by atoms with Gasteiger partial charge in [-0.05, 0) is 13.3 Å². The van der Waals surface area contributed by atoms with E-state index >= 15 is 0 Å². The van der Waals surface area contributed by atoms with E-state index in [1.807, 2.05) is 20.3 Å². The van der Waals surface area contributed by atoms with E-state index in [1.54, 1.807) is 0 Å². The minimum atomic E-state index is 0.476. The summed E-state index contributed by atoms with van der Waals surface area (Å²) in [6.45, 7) is 2.12. The predicted molar refractivity (Wildman–Crippen MR) is 44.3 cm³/mol. The van der Waals surface area contributed by atoms with Crippen LogP contribution in [0.25, 0.3) is 0 Å². The summed E-state index contributed by atoms with van der Waals surface area (Å²) in [7, 11) is 4.07. The van der Waals surface area contributed by atoms with Gasteiger partial charge in [-0.1, -0.05) is 6.08 Å². The maximum atomic E-state index is 4.30. The highest BCUT2D eigenvalue weighted by molar-refractivity contribution is 5.78. The molecule has 0 aromatic rings. The Labute approximate surface area is 62.3 Å². The lowest BCUT2D eigenvalue weighted by atomic mass is 10.2. The molecule has 0 N–H and O–H groups in total. The average Bonchev–Trinajstić information content (AvgIpc) is 1.88. The Hall–Kier alpha value is -0.790. The zero-order valence-electron chi connectivity index (χ0n) is 6.83. The number of aliphatic imine (C=N–C) groups is 1. The van der Waals surface area contributed by atoms with Crippen LogP contribution in [0.4, 0.5) is 0 Å². The van der Waals surface area contributed by atoms with E-state index < -0.39 is 0 Å². The van der Waals surface area contributed by atoms with Crippen LogP contribution in [0.1, 0.15) is 13.3 Å². The van der Waals surface area contributed by atoms with Crippen molar-refractivity contribution < 1.29 is 0 Å². The molecule has 1 atom stereocenters. The fourth-order valence-corrected chi connectivity index (χ4v) is 0.907. The van der Waals surface area contributed by atoms with Gasteiger partial charge < -0.3 is 4.90 Å². The minimum absolute atomic E-state index is 0.476. The third-order valence-corrected chi connectivity index (χ3v) is 1.65. The first-order chi connectivity index (χ1) is 4.70. The van der Waals surface area contributed by atoms with Crippen LogP contribution < -0.4 is 0 Å². The summed E-state index contributed by atoms with van der Waals surface area (Å²) in [4.78, 5) is 6.38. The lowest BCUT2D eigenvalue weighted by Gasteiger charge is -2.17. The van der Waals surface area contributed by atoms with Gasteiger partial charge in [-0.2, -0.15) is 0 Å². The maximum absolute atomic E-state index is 4.30. The fourth-order valence-electron chi connectivity index (χ4n) is 0.907. The molecule has 1 aliphatic heterocycles. The number of rotatable bonds is 1. The van der Waals surface area contributed by atoms with Gasteiger partial charge in [0.15, 0.2) is 0 Å². The third kappa shape index (κ3) is 1.59. The molecule has 1 rings (SSSR count). The zero-order valence-corrected chi connectivity index (χ0v) is 6.83. The molecule has 0 amide bonds. The second kappa shape index (κ2) is 2.86. The topological polar surface area (TPSA) is 15.6 Å². The van der Waals surface area contributed by atoms with E-state index in [1.165, 1.54) is 5.70 Å². The average molecular weight is 138 g/mol. The molecular weight excluding hydrogens is 124 g/mol. The van der Waals surface area contributed by atoms with Crippen molar-refractivity contribution in [2.24, 2.45) is 4.99 Å². The summed E-state index contributed by atoms with van der Waals surface area (Å²) in [6.07, 6.45) is 5.23. The van der Waals surface area contributed by atoms with Gasteiger partial charge >= 0.3 is 0 Å². The molecule has 56 valence electrons. The first-order valence-corrected chi connectivity index (χ1v) is 3.61. The largest absolute Gasteiger partial charge is 0.377 e. The van der Waals surface area contributed by atoms with Gasteiger partial charge in [0.1, 0.15) is 0 Å². The van der Waals surface area contributed by atoms with Gasteiger partial charge in [0, 0.05) is 20.3 Å². The smallest absolute Gasteiger partial charge is 0.0507 e. The minimum Gasteiger partial charge on any atom is -0.377 e. The van der Waals surface area contributed by atoms with Crippen LogP contribution in [0.2, 0.25) is 0 Å². The van der Waals surface area contributed by atoms with Crippen LogP contribution in [0.3, 0.4) is 0 Å². The summed E-state index contributed by atoms with van der Waals surface area (Å²) in [5.74, 6) is 0. The SMILES string of the molecule is C[C@H]1CC=C(N(C)C)C=N1. The molecule has 0 radical (unpaired) electrons. The second-order valence-electron chi connectivity index (χ2n) is 2.89. The van der Waals surface area contributed by atoms with Crippen molar-refractivity contribution in [1.82, 2.24) is 4.90 Å². The summed E-state index contributed by atoms with van der Waals surface area (Å²) in [5, 5.41) is 0. The quantitative estimate of drug-likeness (QED) is 0.533. The van der Waals surface area contributed by atoms with Crippen LogP contribution in [-0.2, 0) is 0 Å². The van der Waals surface area contributed by atoms with Crippen molar-refractivity contribution in [3.63, 3.8) is 0 Å². The fraction of sp³-hybridized carbons (Fsp3) is 0.625. The van der Waals surface area contributed by atoms with Crippen molar-refractivity contribution in [2.75, 3.05) is 14.1 Å². The highest BCUT2D eigenvalue weighted by Gasteiger charge is 2.04. The van der Waals surface area contributed by atoms with E-state index in [4.69, 9.17) is 0 Å². The molecule has 0 fully saturated rings.